The maximum atomic E-state index is 13.3. The summed E-state index contributed by atoms with van der Waals surface area (Å²) in [6, 6.07) is 15.1. The van der Waals surface area contributed by atoms with Gasteiger partial charge in [-0.25, -0.2) is 14.6 Å². The molecule has 4 aromatic rings. The highest BCUT2D eigenvalue weighted by atomic mass is 19.4. The van der Waals surface area contributed by atoms with E-state index < -0.39 is 18.1 Å². The number of H-pyrrole nitrogens is 1. The Morgan fingerprint density at radius 2 is 1.78 bits per heavy atom. The molecule has 0 radical (unpaired) electrons. The first-order chi connectivity index (χ1) is 19.6. The molecule has 1 saturated carbocycles. The Morgan fingerprint density at radius 3 is 2.51 bits per heavy atom. The molecule has 1 aliphatic carbocycles. The Morgan fingerprint density at radius 1 is 1.02 bits per heavy atom. The number of hydrogen-bond acceptors (Lipinski definition) is 5. The molecule has 1 aliphatic rings. The van der Waals surface area contributed by atoms with E-state index in [-0.39, 0.29) is 28.0 Å². The van der Waals surface area contributed by atoms with Gasteiger partial charge in [-0.3, -0.25) is 0 Å². The van der Waals surface area contributed by atoms with E-state index in [0.717, 1.165) is 17.7 Å². The van der Waals surface area contributed by atoms with Gasteiger partial charge in [0.05, 0.1) is 11.1 Å². The summed E-state index contributed by atoms with van der Waals surface area (Å²) in [5, 5.41) is 13.3. The standard InChI is InChI=1S/C31H30F3N3O4/c1-18-36-26-14-22(13-25(29(38)39)28(26)37-18)24-12-11-20(15-27(24)41-30(40)31(32,33)34)23-10-6-5-9-21(23)17-35-16-19-7-3-2-4-8-19/h5-6,9-15,19,35H,2-4,7-8,16-17H2,1H3,(H,36,37)(H,38,39). The van der Waals surface area contributed by atoms with E-state index in [0.29, 0.717) is 29.4 Å². The maximum Gasteiger partial charge on any atom is 0.491 e. The minimum Gasteiger partial charge on any atom is -0.478 e. The van der Waals surface area contributed by atoms with Gasteiger partial charge in [-0.1, -0.05) is 55.7 Å². The molecular weight excluding hydrogens is 535 g/mol. The predicted octanol–water partition coefficient (Wildman–Crippen LogP) is 7.04. The van der Waals surface area contributed by atoms with Gasteiger partial charge in [0.1, 0.15) is 17.1 Å². The van der Waals surface area contributed by atoms with Crippen LogP contribution in [-0.4, -0.2) is 39.7 Å². The number of aromatic carboxylic acids is 1. The fourth-order valence-corrected chi connectivity index (χ4v) is 5.49. The second-order valence-corrected chi connectivity index (χ2v) is 10.4. The highest BCUT2D eigenvalue weighted by Gasteiger charge is 2.41. The normalized spacial score (nSPS) is 14.3. The highest BCUT2D eigenvalue weighted by molar-refractivity contribution is 6.03. The van der Waals surface area contributed by atoms with Crippen LogP contribution in [0, 0.1) is 12.8 Å². The molecule has 0 atom stereocenters. The number of benzene rings is 3. The van der Waals surface area contributed by atoms with Gasteiger partial charge in [0.25, 0.3) is 0 Å². The smallest absolute Gasteiger partial charge is 0.478 e. The molecule has 0 saturated heterocycles. The Labute approximate surface area is 234 Å². The van der Waals surface area contributed by atoms with E-state index in [1.165, 1.54) is 50.3 Å². The quantitative estimate of drug-likeness (QED) is 0.156. The second-order valence-electron chi connectivity index (χ2n) is 10.4. The van der Waals surface area contributed by atoms with Gasteiger partial charge in [-0.2, -0.15) is 13.2 Å². The number of carboxylic acids is 1. The number of rotatable bonds is 8. The first kappa shape index (κ1) is 28.4. The molecule has 0 aliphatic heterocycles. The molecule has 1 fully saturated rings. The lowest BCUT2D eigenvalue weighted by atomic mass is 9.89. The molecule has 0 unspecified atom stereocenters. The number of hydrogen-bond donors (Lipinski definition) is 3. The van der Waals surface area contributed by atoms with Crippen LogP contribution >= 0.6 is 0 Å². The van der Waals surface area contributed by atoms with Crippen molar-refractivity contribution in [3.8, 4) is 28.0 Å². The van der Waals surface area contributed by atoms with Crippen molar-refractivity contribution >= 4 is 23.0 Å². The van der Waals surface area contributed by atoms with E-state index >= 15 is 0 Å². The van der Waals surface area contributed by atoms with Crippen LogP contribution in [0.1, 0.15) is 53.8 Å². The molecule has 0 amide bonds. The molecule has 214 valence electrons. The van der Waals surface area contributed by atoms with E-state index in [2.05, 4.69) is 15.3 Å². The summed E-state index contributed by atoms with van der Waals surface area (Å²) in [6.07, 6.45) is 0.967. The fourth-order valence-electron chi connectivity index (χ4n) is 5.49. The first-order valence-corrected chi connectivity index (χ1v) is 13.6. The fraction of sp³-hybridized carbons (Fsp3) is 0.323. The Kier molecular flexibility index (Phi) is 8.12. The van der Waals surface area contributed by atoms with Crippen LogP contribution in [0.5, 0.6) is 5.75 Å². The number of nitrogens with one attached hydrogen (secondary N) is 2. The van der Waals surface area contributed by atoms with Crippen molar-refractivity contribution in [1.29, 1.82) is 0 Å². The van der Waals surface area contributed by atoms with Crippen molar-refractivity contribution in [2.24, 2.45) is 5.92 Å². The van der Waals surface area contributed by atoms with Crippen LogP contribution in [-0.2, 0) is 11.3 Å². The molecule has 7 nitrogen and oxygen atoms in total. The van der Waals surface area contributed by atoms with Gasteiger partial charge >= 0.3 is 18.1 Å². The molecule has 41 heavy (non-hydrogen) atoms. The number of halogens is 3. The molecule has 3 aromatic carbocycles. The third-order valence-corrected chi connectivity index (χ3v) is 7.46. The molecule has 1 aromatic heterocycles. The van der Waals surface area contributed by atoms with Crippen LogP contribution in [0.3, 0.4) is 0 Å². The number of carboxylic acid groups (broad SMARTS) is 1. The van der Waals surface area contributed by atoms with E-state index in [1.54, 1.807) is 19.1 Å². The summed E-state index contributed by atoms with van der Waals surface area (Å²) in [6.45, 7) is 3.13. The first-order valence-electron chi connectivity index (χ1n) is 13.6. The lowest BCUT2D eigenvalue weighted by Crippen LogP contribution is -2.28. The summed E-state index contributed by atoms with van der Waals surface area (Å²) in [5.41, 5.74) is 3.17. The molecule has 0 spiro atoms. The molecule has 1 heterocycles. The van der Waals surface area contributed by atoms with Crippen LogP contribution in [0.4, 0.5) is 13.2 Å². The number of alkyl halides is 3. The number of ether oxygens (including phenoxy) is 1. The minimum atomic E-state index is -5.22. The Hall–Kier alpha value is -4.18. The average molecular weight is 566 g/mol. The van der Waals surface area contributed by atoms with Crippen molar-refractivity contribution in [3.63, 3.8) is 0 Å². The zero-order valence-electron chi connectivity index (χ0n) is 22.5. The van der Waals surface area contributed by atoms with E-state index in [4.69, 9.17) is 4.74 Å². The lowest BCUT2D eigenvalue weighted by molar-refractivity contribution is -0.189. The number of carbonyl (C=O) groups excluding carboxylic acids is 1. The number of aromatic amines is 1. The van der Waals surface area contributed by atoms with Gasteiger partial charge in [0.15, 0.2) is 0 Å². The third kappa shape index (κ3) is 6.43. The Balaban J connectivity index is 1.53. The molecule has 3 N–H and O–H groups in total. The lowest BCUT2D eigenvalue weighted by Gasteiger charge is -2.22. The zero-order valence-corrected chi connectivity index (χ0v) is 22.5. The zero-order chi connectivity index (χ0) is 29.1. The van der Waals surface area contributed by atoms with Crippen LogP contribution < -0.4 is 10.1 Å². The molecule has 10 heteroatoms. The van der Waals surface area contributed by atoms with Crippen LogP contribution in [0.2, 0.25) is 0 Å². The largest absolute Gasteiger partial charge is 0.491 e. The summed E-state index contributed by atoms with van der Waals surface area (Å²) in [7, 11) is 0. The van der Waals surface area contributed by atoms with Gasteiger partial charge in [0, 0.05) is 12.1 Å². The van der Waals surface area contributed by atoms with Crippen LogP contribution in [0.25, 0.3) is 33.3 Å². The van der Waals surface area contributed by atoms with Crippen molar-refractivity contribution in [3.05, 3.63) is 71.5 Å². The summed E-state index contributed by atoms with van der Waals surface area (Å²) >= 11 is 0. The molecule has 5 rings (SSSR count). The van der Waals surface area contributed by atoms with Gasteiger partial charge in [0.2, 0.25) is 0 Å². The van der Waals surface area contributed by atoms with E-state index in [1.807, 2.05) is 24.3 Å². The number of imidazole rings is 1. The molecular formula is C31H30F3N3O4. The predicted molar refractivity (Wildman–Crippen MR) is 149 cm³/mol. The van der Waals surface area contributed by atoms with Gasteiger partial charge in [-0.15, -0.1) is 0 Å². The number of esters is 1. The second kappa shape index (κ2) is 11.7. The van der Waals surface area contributed by atoms with Crippen LogP contribution in [0.15, 0.2) is 54.6 Å². The Bertz CT molecular complexity index is 1590. The number of fused-ring (bicyclic) bond motifs is 1. The van der Waals surface area contributed by atoms with Gasteiger partial charge in [-0.05, 0) is 72.7 Å². The number of nitrogens with zero attached hydrogens (tertiary/aromatic N) is 1. The van der Waals surface area contributed by atoms with Crippen molar-refractivity contribution in [2.75, 3.05) is 6.54 Å². The van der Waals surface area contributed by atoms with E-state index in [9.17, 15) is 27.9 Å². The average Bonchev–Trinajstić information content (AvgIpc) is 3.32. The van der Waals surface area contributed by atoms with Crippen molar-refractivity contribution < 1.29 is 32.6 Å². The van der Waals surface area contributed by atoms with Crippen molar-refractivity contribution in [2.45, 2.75) is 51.7 Å². The highest BCUT2D eigenvalue weighted by Crippen LogP contribution is 2.38. The van der Waals surface area contributed by atoms with Gasteiger partial charge < -0.3 is 20.1 Å². The topological polar surface area (TPSA) is 104 Å². The maximum absolute atomic E-state index is 13.3. The SMILES string of the molecule is Cc1nc2c(C(=O)O)cc(-c3ccc(-c4ccccc4CNCC4CCCCC4)cc3OC(=O)C(F)(F)F)cc2[nH]1. The number of carbonyl (C=O) groups is 2. The van der Waals surface area contributed by atoms with Crippen molar-refractivity contribution in [1.82, 2.24) is 15.3 Å². The summed E-state index contributed by atoms with van der Waals surface area (Å²) in [4.78, 5) is 31.1. The summed E-state index contributed by atoms with van der Waals surface area (Å²) < 4.78 is 44.7. The minimum absolute atomic E-state index is 0.131. The number of aryl methyl sites for hydroxylation is 1. The third-order valence-electron chi connectivity index (χ3n) is 7.46. The number of aromatic nitrogens is 2. The summed E-state index contributed by atoms with van der Waals surface area (Å²) in [5.74, 6) is -2.83. The monoisotopic (exact) mass is 565 g/mol. The molecule has 0 bridgehead atoms.